The van der Waals surface area contributed by atoms with Crippen LogP contribution in [-0.4, -0.2) is 25.7 Å². The molecular weight excluding hydrogens is 418 g/mol. The Bertz CT molecular complexity index is 1510. The summed E-state index contributed by atoms with van der Waals surface area (Å²) in [6, 6.07) is 21.8. The summed E-state index contributed by atoms with van der Waals surface area (Å²) in [5.74, 6) is 0.772. The molecule has 162 valence electrons. The van der Waals surface area contributed by atoms with Gasteiger partial charge in [0.05, 0.1) is 11.4 Å². The highest BCUT2D eigenvalue weighted by Gasteiger charge is 2.29. The molecule has 0 bridgehead atoms. The van der Waals surface area contributed by atoms with Crippen molar-refractivity contribution in [1.82, 2.24) is 19.7 Å². The Morgan fingerprint density at radius 2 is 1.82 bits per heavy atom. The minimum absolute atomic E-state index is 0.191. The summed E-state index contributed by atoms with van der Waals surface area (Å²) in [6.45, 7) is 0. The summed E-state index contributed by atoms with van der Waals surface area (Å²) in [6.07, 6.45) is 2.09. The van der Waals surface area contributed by atoms with Gasteiger partial charge in [-0.3, -0.25) is 14.6 Å². The number of rotatable bonds is 5. The van der Waals surface area contributed by atoms with Crippen molar-refractivity contribution in [2.24, 2.45) is 0 Å². The fraction of sp³-hybridized carbons (Fsp3) is 0.120. The van der Waals surface area contributed by atoms with Crippen LogP contribution >= 0.6 is 0 Å². The molecule has 3 heterocycles. The first kappa shape index (κ1) is 19.2. The minimum atomic E-state index is -0.406. The van der Waals surface area contributed by atoms with Crippen molar-refractivity contribution in [2.45, 2.75) is 18.8 Å². The third kappa shape index (κ3) is 3.71. The average Bonchev–Trinajstić information content (AvgIpc) is 3.45. The molecule has 8 heteroatoms. The summed E-state index contributed by atoms with van der Waals surface area (Å²) in [4.78, 5) is 32.8. The molecule has 1 aliphatic carbocycles. The van der Waals surface area contributed by atoms with Gasteiger partial charge >= 0.3 is 0 Å². The summed E-state index contributed by atoms with van der Waals surface area (Å²) < 4.78 is 7.17. The molecule has 0 unspecified atom stereocenters. The van der Waals surface area contributed by atoms with Gasteiger partial charge in [0.1, 0.15) is 11.4 Å². The van der Waals surface area contributed by atoms with E-state index in [4.69, 9.17) is 4.42 Å². The van der Waals surface area contributed by atoms with E-state index in [-0.39, 0.29) is 17.3 Å². The van der Waals surface area contributed by atoms with E-state index in [9.17, 15) is 9.59 Å². The van der Waals surface area contributed by atoms with E-state index in [1.165, 1.54) is 10.7 Å². The number of hydrogen-bond acceptors (Lipinski definition) is 5. The molecule has 2 N–H and O–H groups in total. The van der Waals surface area contributed by atoms with Crippen LogP contribution in [0.3, 0.4) is 0 Å². The fourth-order valence-corrected chi connectivity index (χ4v) is 3.80. The lowest BCUT2D eigenvalue weighted by Gasteiger charge is -2.08. The number of amides is 1. The summed E-state index contributed by atoms with van der Waals surface area (Å²) in [5.41, 5.74) is 2.51. The maximum Gasteiger partial charge on any atom is 0.292 e. The van der Waals surface area contributed by atoms with Gasteiger partial charge in [0, 0.05) is 29.0 Å². The number of nitrogens with one attached hydrogen (secondary N) is 2. The first-order valence-corrected chi connectivity index (χ1v) is 10.7. The number of furan rings is 1. The number of benzene rings is 2. The Labute approximate surface area is 187 Å². The molecule has 0 spiro atoms. The average molecular weight is 437 g/mol. The van der Waals surface area contributed by atoms with Gasteiger partial charge < -0.3 is 9.73 Å². The molecule has 6 rings (SSSR count). The molecule has 1 aliphatic rings. The lowest BCUT2D eigenvalue weighted by Crippen LogP contribution is -2.18. The quantitative estimate of drug-likeness (QED) is 0.421. The van der Waals surface area contributed by atoms with Crippen molar-refractivity contribution >= 4 is 22.7 Å². The molecule has 8 nitrogen and oxygen atoms in total. The van der Waals surface area contributed by atoms with Gasteiger partial charge in [0.2, 0.25) is 5.95 Å². The number of fused-ring (bicyclic) bond motifs is 1. The molecule has 33 heavy (non-hydrogen) atoms. The number of H-pyrrole nitrogens is 1. The maximum absolute atomic E-state index is 13.0. The number of carbonyl (C=O) groups is 1. The van der Waals surface area contributed by atoms with Gasteiger partial charge in [0.15, 0.2) is 5.76 Å². The topological polar surface area (TPSA) is 106 Å². The smallest absolute Gasteiger partial charge is 0.292 e. The second-order valence-electron chi connectivity index (χ2n) is 8.06. The van der Waals surface area contributed by atoms with Crippen molar-refractivity contribution in [3.8, 4) is 17.2 Å². The van der Waals surface area contributed by atoms with Crippen molar-refractivity contribution in [1.29, 1.82) is 0 Å². The Kier molecular flexibility index (Phi) is 4.43. The highest BCUT2D eigenvalue weighted by atomic mass is 16.3. The second kappa shape index (κ2) is 7.59. The molecule has 3 aromatic heterocycles. The van der Waals surface area contributed by atoms with Crippen molar-refractivity contribution in [3.63, 3.8) is 0 Å². The Hall–Kier alpha value is -4.46. The molecule has 1 saturated carbocycles. The SMILES string of the molecule is O=C(Nc1cc(C2CC2)nn1-c1nc(-c2ccccc2)cc(=O)[nH]1)c1cc2ccccc2o1. The van der Waals surface area contributed by atoms with Crippen molar-refractivity contribution < 1.29 is 9.21 Å². The van der Waals surface area contributed by atoms with Gasteiger partial charge in [0.25, 0.3) is 11.5 Å². The number of aromatic amines is 1. The first-order chi connectivity index (χ1) is 16.1. The molecule has 0 atom stereocenters. The van der Waals surface area contributed by atoms with Crippen LogP contribution in [0.5, 0.6) is 0 Å². The standard InChI is InChI=1S/C25H19N5O3/c31-23-14-18(15-6-2-1-3-7-15)26-25(28-23)30-22(13-19(29-30)16-10-11-16)27-24(32)21-12-17-8-4-5-9-20(17)33-21/h1-9,12-14,16H,10-11H2,(H,27,32)(H,26,28,31). The van der Waals surface area contributed by atoms with Crippen molar-refractivity contribution in [3.05, 3.63) is 94.6 Å². The van der Waals surface area contributed by atoms with Crippen LogP contribution in [0.1, 0.15) is 35.0 Å². The molecule has 1 fully saturated rings. The van der Waals surface area contributed by atoms with E-state index in [0.29, 0.717) is 23.0 Å². The van der Waals surface area contributed by atoms with Crippen molar-refractivity contribution in [2.75, 3.05) is 5.32 Å². The largest absolute Gasteiger partial charge is 0.451 e. The normalized spacial score (nSPS) is 13.3. The van der Waals surface area contributed by atoms with Crippen LogP contribution in [0.4, 0.5) is 5.82 Å². The molecule has 2 aromatic carbocycles. The molecule has 5 aromatic rings. The van der Waals surface area contributed by atoms with Crippen LogP contribution in [0.2, 0.25) is 0 Å². The van der Waals surface area contributed by atoms with E-state index < -0.39 is 5.91 Å². The lowest BCUT2D eigenvalue weighted by atomic mass is 10.1. The molecule has 0 saturated heterocycles. The van der Waals surface area contributed by atoms with Gasteiger partial charge in [-0.25, -0.2) is 4.98 Å². The van der Waals surface area contributed by atoms with Gasteiger partial charge in [-0.2, -0.15) is 9.78 Å². The second-order valence-corrected chi connectivity index (χ2v) is 8.06. The van der Waals surface area contributed by atoms with E-state index in [1.807, 2.05) is 60.7 Å². The van der Waals surface area contributed by atoms with Crippen LogP contribution in [-0.2, 0) is 0 Å². The van der Waals surface area contributed by atoms with E-state index in [0.717, 1.165) is 29.5 Å². The summed E-state index contributed by atoms with van der Waals surface area (Å²) in [7, 11) is 0. The monoisotopic (exact) mass is 437 g/mol. The number of carbonyl (C=O) groups excluding carboxylic acids is 1. The van der Waals surface area contributed by atoms with Crippen LogP contribution in [0.15, 0.2) is 82.0 Å². The van der Waals surface area contributed by atoms with E-state index >= 15 is 0 Å². The predicted octanol–water partition coefficient (Wildman–Crippen LogP) is 4.50. The Morgan fingerprint density at radius 3 is 2.61 bits per heavy atom. The summed E-state index contributed by atoms with van der Waals surface area (Å²) >= 11 is 0. The van der Waals surface area contributed by atoms with E-state index in [2.05, 4.69) is 20.4 Å². The highest BCUT2D eigenvalue weighted by Crippen LogP contribution is 2.40. The van der Waals surface area contributed by atoms with Crippen LogP contribution < -0.4 is 10.9 Å². The number of para-hydroxylation sites is 1. The maximum atomic E-state index is 13.0. The number of hydrogen-bond donors (Lipinski definition) is 2. The fourth-order valence-electron chi connectivity index (χ4n) is 3.80. The Balaban J connectivity index is 1.40. The van der Waals surface area contributed by atoms with Crippen LogP contribution in [0, 0.1) is 0 Å². The zero-order valence-corrected chi connectivity index (χ0v) is 17.5. The van der Waals surface area contributed by atoms with Gasteiger partial charge in [-0.1, -0.05) is 48.5 Å². The highest BCUT2D eigenvalue weighted by molar-refractivity contribution is 6.04. The molecule has 0 aliphatic heterocycles. The molecule has 1 amide bonds. The number of aromatic nitrogens is 4. The summed E-state index contributed by atoms with van der Waals surface area (Å²) in [5, 5.41) is 8.36. The van der Waals surface area contributed by atoms with E-state index in [1.54, 1.807) is 6.07 Å². The zero-order valence-electron chi connectivity index (χ0n) is 17.5. The van der Waals surface area contributed by atoms with Crippen LogP contribution in [0.25, 0.3) is 28.2 Å². The third-order valence-electron chi connectivity index (χ3n) is 5.61. The van der Waals surface area contributed by atoms with Gasteiger partial charge in [-0.15, -0.1) is 0 Å². The Morgan fingerprint density at radius 1 is 1.03 bits per heavy atom. The van der Waals surface area contributed by atoms with Gasteiger partial charge in [-0.05, 0) is 25.0 Å². The number of anilines is 1. The molecular formula is C25H19N5O3. The first-order valence-electron chi connectivity index (χ1n) is 10.7. The predicted molar refractivity (Wildman–Crippen MR) is 124 cm³/mol. The lowest BCUT2D eigenvalue weighted by molar-refractivity contribution is 0.0998. The number of nitrogens with zero attached hydrogens (tertiary/aromatic N) is 3. The molecule has 0 radical (unpaired) electrons. The zero-order chi connectivity index (χ0) is 22.4. The minimum Gasteiger partial charge on any atom is -0.451 e. The third-order valence-corrected chi connectivity index (χ3v) is 5.61.